The molecule has 0 spiro atoms. The number of thiazole rings is 1. The second kappa shape index (κ2) is 8.30. The van der Waals surface area contributed by atoms with Crippen LogP contribution in [0.15, 0.2) is 107 Å². The number of carbonyl (C=O) groups is 1. The van der Waals surface area contributed by atoms with Crippen molar-refractivity contribution < 1.29 is 14.5 Å². The largest absolute Gasteiger partial charge is 0.506 e. The predicted octanol–water partition coefficient (Wildman–Crippen LogP) is 5.79. The van der Waals surface area contributed by atoms with Gasteiger partial charge in [-0.3, -0.25) is 4.79 Å². The van der Waals surface area contributed by atoms with Crippen molar-refractivity contribution in [3.63, 3.8) is 0 Å². The molecular weight excluding hydrogens is 436 g/mol. The summed E-state index contributed by atoms with van der Waals surface area (Å²) in [5.41, 5.74) is 2.86. The molecule has 0 atom stereocenters. The van der Waals surface area contributed by atoms with Gasteiger partial charge in [0, 0.05) is 23.6 Å². The minimum absolute atomic E-state index is 0.0419. The summed E-state index contributed by atoms with van der Waals surface area (Å²) in [6.07, 6.45) is 7.23. The molecule has 0 radical (unpaired) electrons. The van der Waals surface area contributed by atoms with Gasteiger partial charge in [-0.25, -0.2) is 0 Å². The van der Waals surface area contributed by atoms with Gasteiger partial charge in [-0.2, -0.15) is 4.57 Å². The number of benzene rings is 2. The van der Waals surface area contributed by atoms with Crippen LogP contribution in [0.25, 0.3) is 16.3 Å². The Labute approximate surface area is 194 Å². The van der Waals surface area contributed by atoms with Crippen molar-refractivity contribution in [2.45, 2.75) is 11.4 Å². The van der Waals surface area contributed by atoms with Crippen LogP contribution in [0.3, 0.4) is 0 Å². The maximum Gasteiger partial charge on any atom is 0.263 e. The molecule has 0 saturated carbocycles. The van der Waals surface area contributed by atoms with Crippen molar-refractivity contribution in [3.8, 4) is 0 Å². The second-order valence-electron chi connectivity index (χ2n) is 7.41. The van der Waals surface area contributed by atoms with Crippen molar-refractivity contribution in [1.82, 2.24) is 0 Å². The first-order chi connectivity index (χ1) is 15.6. The molecule has 3 aromatic rings. The Hall–Kier alpha value is -3.35. The van der Waals surface area contributed by atoms with Crippen LogP contribution >= 0.6 is 23.1 Å². The topological polar surface area (TPSA) is 44.4 Å². The molecule has 0 unspecified atom stereocenters. The Morgan fingerprint density at radius 1 is 1.03 bits per heavy atom. The fourth-order valence-corrected chi connectivity index (χ4v) is 6.14. The van der Waals surface area contributed by atoms with Crippen LogP contribution in [-0.4, -0.2) is 17.4 Å². The van der Waals surface area contributed by atoms with Crippen molar-refractivity contribution in [2.24, 2.45) is 0 Å². The van der Waals surface area contributed by atoms with Gasteiger partial charge in [0.2, 0.25) is 11.3 Å². The lowest BCUT2D eigenvalue weighted by Gasteiger charge is -2.22. The maximum absolute atomic E-state index is 13.0. The molecule has 0 fully saturated rings. The lowest BCUT2D eigenvalue weighted by atomic mass is 9.88. The average molecular weight is 458 g/mol. The summed E-state index contributed by atoms with van der Waals surface area (Å²) < 4.78 is 3.23. The molecule has 2 heterocycles. The van der Waals surface area contributed by atoms with E-state index in [0.29, 0.717) is 24.2 Å². The number of thioether (sulfide) groups is 1. The van der Waals surface area contributed by atoms with Gasteiger partial charge in [-0.05, 0) is 30.4 Å². The number of aliphatic hydroxyl groups excluding tert-OH is 1. The number of ketones is 1. The van der Waals surface area contributed by atoms with E-state index in [1.54, 1.807) is 35.3 Å². The number of hydrogen-bond donors (Lipinski definition) is 1. The number of hydrogen-bond acceptors (Lipinski definition) is 5. The summed E-state index contributed by atoms with van der Waals surface area (Å²) in [7, 11) is 0. The van der Waals surface area contributed by atoms with Gasteiger partial charge in [0.25, 0.3) is 5.01 Å². The summed E-state index contributed by atoms with van der Waals surface area (Å²) >= 11 is 3.18. The quantitative estimate of drug-likeness (QED) is 0.289. The molecular formula is C26H21N2O2S2+. The van der Waals surface area contributed by atoms with Crippen LogP contribution in [0.1, 0.15) is 5.01 Å². The highest BCUT2D eigenvalue weighted by molar-refractivity contribution is 8.03. The standard InChI is InChI=1S/C26H20N2O2S2/c1-3-13-27-19-9-5-7-11-21(19)31-23(27)15-17-25(29)18(26(17)30)16-24-28(14-4-2)20-10-6-8-12-22(20)32-24/h3-12,15-16H,1-2,13-14H2/p+1. The third-order valence-corrected chi connectivity index (χ3v) is 7.66. The Morgan fingerprint density at radius 2 is 1.81 bits per heavy atom. The third-order valence-electron chi connectivity index (χ3n) is 5.43. The van der Waals surface area contributed by atoms with Gasteiger partial charge < -0.3 is 10.0 Å². The molecule has 2 aliphatic rings. The molecule has 158 valence electrons. The highest BCUT2D eigenvalue weighted by Crippen LogP contribution is 2.47. The number of fused-ring (bicyclic) bond motifs is 2. The van der Waals surface area contributed by atoms with Gasteiger partial charge in [-0.1, -0.05) is 60.0 Å². The Balaban J connectivity index is 1.52. The third kappa shape index (κ3) is 3.32. The molecule has 4 nitrogen and oxygen atoms in total. The molecule has 1 aliphatic heterocycles. The summed E-state index contributed by atoms with van der Waals surface area (Å²) in [5, 5.41) is 12.6. The number of carbonyl (C=O) groups excluding carboxylic acids is 1. The molecule has 5 rings (SSSR count). The van der Waals surface area contributed by atoms with Gasteiger partial charge in [-0.15, -0.1) is 6.58 Å². The molecule has 0 amide bonds. The smallest absolute Gasteiger partial charge is 0.263 e. The lowest BCUT2D eigenvalue weighted by Crippen LogP contribution is -2.34. The molecule has 1 aromatic heterocycles. The monoisotopic (exact) mass is 457 g/mol. The van der Waals surface area contributed by atoms with E-state index in [-0.39, 0.29) is 11.5 Å². The van der Waals surface area contributed by atoms with E-state index >= 15 is 0 Å². The molecule has 32 heavy (non-hydrogen) atoms. The summed E-state index contributed by atoms with van der Waals surface area (Å²) in [6.45, 7) is 8.96. The number of aromatic nitrogens is 1. The highest BCUT2D eigenvalue weighted by Gasteiger charge is 2.36. The molecule has 1 N–H and O–H groups in total. The van der Waals surface area contributed by atoms with E-state index in [0.717, 1.165) is 30.8 Å². The van der Waals surface area contributed by atoms with Crippen LogP contribution in [0.4, 0.5) is 5.69 Å². The number of anilines is 1. The number of Topliss-reactive ketones (excluding diaryl/α,β-unsaturated/α-hetero) is 1. The summed E-state index contributed by atoms with van der Waals surface area (Å²) in [5.74, 6) is -0.104. The van der Waals surface area contributed by atoms with Gasteiger partial charge >= 0.3 is 0 Å². The van der Waals surface area contributed by atoms with E-state index in [2.05, 4.69) is 46.9 Å². The normalized spacial score (nSPS) is 17.9. The van der Waals surface area contributed by atoms with E-state index in [1.165, 1.54) is 0 Å². The predicted molar refractivity (Wildman–Crippen MR) is 133 cm³/mol. The van der Waals surface area contributed by atoms with Crippen LogP contribution in [-0.2, 0) is 11.3 Å². The summed E-state index contributed by atoms with van der Waals surface area (Å²) in [6, 6.07) is 16.2. The van der Waals surface area contributed by atoms with Crippen LogP contribution < -0.4 is 9.47 Å². The fraction of sp³-hybridized carbons (Fsp3) is 0.0769. The Morgan fingerprint density at radius 3 is 2.59 bits per heavy atom. The van der Waals surface area contributed by atoms with Crippen LogP contribution in [0.2, 0.25) is 0 Å². The molecule has 6 heteroatoms. The van der Waals surface area contributed by atoms with Crippen molar-refractivity contribution >= 4 is 50.9 Å². The van der Waals surface area contributed by atoms with E-state index in [1.807, 2.05) is 36.4 Å². The number of nitrogens with zero attached hydrogens (tertiary/aromatic N) is 2. The molecule has 1 aliphatic carbocycles. The van der Waals surface area contributed by atoms with E-state index in [9.17, 15) is 9.90 Å². The molecule has 0 saturated heterocycles. The number of rotatable bonds is 6. The fourth-order valence-electron chi connectivity index (χ4n) is 3.91. The van der Waals surface area contributed by atoms with Crippen LogP contribution in [0.5, 0.6) is 0 Å². The summed E-state index contributed by atoms with van der Waals surface area (Å²) in [4.78, 5) is 16.2. The van der Waals surface area contributed by atoms with Crippen molar-refractivity contribution in [1.29, 1.82) is 0 Å². The number of aliphatic hydroxyl groups is 1. The van der Waals surface area contributed by atoms with E-state index in [4.69, 9.17) is 0 Å². The maximum atomic E-state index is 13.0. The minimum atomic E-state index is -0.146. The second-order valence-corrected chi connectivity index (χ2v) is 9.53. The first-order valence-electron chi connectivity index (χ1n) is 10.2. The Bertz CT molecular complexity index is 1380. The Kier molecular flexibility index (Phi) is 5.33. The minimum Gasteiger partial charge on any atom is -0.506 e. The first kappa shape index (κ1) is 20.5. The highest BCUT2D eigenvalue weighted by atomic mass is 32.2. The number of para-hydroxylation sites is 2. The number of allylic oxidation sites excluding steroid dienone is 4. The van der Waals surface area contributed by atoms with Gasteiger partial charge in [0.05, 0.1) is 21.9 Å². The van der Waals surface area contributed by atoms with Gasteiger partial charge in [0.15, 0.2) is 6.54 Å². The van der Waals surface area contributed by atoms with Crippen molar-refractivity contribution in [3.05, 3.63) is 107 Å². The molecule has 0 bridgehead atoms. The van der Waals surface area contributed by atoms with E-state index < -0.39 is 0 Å². The SMILES string of the molecule is C=CCN1C(=CC2=C(O)C(=Cc3sc4ccccc4[n+]3CC=C)C2=O)Sc2ccccc21. The van der Waals surface area contributed by atoms with Gasteiger partial charge in [0.1, 0.15) is 10.5 Å². The van der Waals surface area contributed by atoms with Crippen LogP contribution in [0, 0.1) is 0 Å². The average Bonchev–Trinajstić information content (AvgIpc) is 3.34. The zero-order chi connectivity index (χ0) is 22.2. The molecule has 2 aromatic carbocycles. The zero-order valence-electron chi connectivity index (χ0n) is 17.3. The first-order valence-corrected chi connectivity index (χ1v) is 11.8. The van der Waals surface area contributed by atoms with Crippen molar-refractivity contribution in [2.75, 3.05) is 11.4 Å². The zero-order valence-corrected chi connectivity index (χ0v) is 19.0. The lowest BCUT2D eigenvalue weighted by molar-refractivity contribution is -0.658.